The summed E-state index contributed by atoms with van der Waals surface area (Å²) >= 11 is 0. The summed E-state index contributed by atoms with van der Waals surface area (Å²) in [5, 5.41) is 0. The molecule has 5 nitrogen and oxygen atoms in total. The number of anilines is 1. The van der Waals surface area contributed by atoms with Gasteiger partial charge in [0.25, 0.3) is 0 Å². The summed E-state index contributed by atoms with van der Waals surface area (Å²) in [6.45, 7) is 16.6. The van der Waals surface area contributed by atoms with Gasteiger partial charge in [0, 0.05) is 38.6 Å². The van der Waals surface area contributed by atoms with E-state index in [1.807, 2.05) is 39.8 Å². The van der Waals surface area contributed by atoms with E-state index in [9.17, 15) is 0 Å². The largest absolute Gasteiger partial charge is 0.491 e. The summed E-state index contributed by atoms with van der Waals surface area (Å²) in [5.74, 6) is 0.857. The summed E-state index contributed by atoms with van der Waals surface area (Å²) < 4.78 is 22.8. The Morgan fingerprint density at radius 3 is 1.65 bits per heavy atom. The van der Waals surface area contributed by atoms with Crippen LogP contribution in [0.1, 0.15) is 41.5 Å². The molecule has 3 atom stereocenters. The maximum atomic E-state index is 5.80. The highest BCUT2D eigenvalue weighted by atomic mass is 16.5. The van der Waals surface area contributed by atoms with Gasteiger partial charge in [-0.1, -0.05) is 0 Å². The molecule has 0 bridgehead atoms. The predicted molar refractivity (Wildman–Crippen MR) is 107 cm³/mol. The van der Waals surface area contributed by atoms with Gasteiger partial charge in [-0.05, 0) is 65.8 Å². The van der Waals surface area contributed by atoms with Crippen molar-refractivity contribution in [3.8, 4) is 5.75 Å². The molecule has 26 heavy (non-hydrogen) atoms. The molecule has 5 heteroatoms. The number of hydrogen-bond donors (Lipinski definition) is 0. The van der Waals surface area contributed by atoms with E-state index in [4.69, 9.17) is 18.9 Å². The van der Waals surface area contributed by atoms with Gasteiger partial charge in [-0.3, -0.25) is 0 Å². The maximum absolute atomic E-state index is 5.80. The molecule has 0 N–H and O–H groups in total. The lowest BCUT2D eigenvalue weighted by molar-refractivity contribution is 0.0402. The quantitative estimate of drug-likeness (QED) is 0.494. The van der Waals surface area contributed by atoms with Gasteiger partial charge in [-0.2, -0.15) is 0 Å². The van der Waals surface area contributed by atoms with Crippen LogP contribution < -0.4 is 9.64 Å². The maximum Gasteiger partial charge on any atom is 0.119 e. The lowest BCUT2D eigenvalue weighted by atomic mass is 10.2. The Bertz CT molecular complexity index is 452. The minimum Gasteiger partial charge on any atom is -0.491 e. The number of rotatable bonds is 14. The molecule has 0 fully saturated rings. The third-order valence-electron chi connectivity index (χ3n) is 4.00. The second-order valence-corrected chi connectivity index (χ2v) is 6.51. The highest BCUT2D eigenvalue weighted by Crippen LogP contribution is 2.21. The molecule has 1 aromatic rings. The van der Waals surface area contributed by atoms with Gasteiger partial charge in [0.15, 0.2) is 0 Å². The van der Waals surface area contributed by atoms with Crippen molar-refractivity contribution in [2.75, 3.05) is 44.4 Å². The van der Waals surface area contributed by atoms with E-state index in [-0.39, 0.29) is 18.3 Å². The molecule has 1 aromatic carbocycles. The Morgan fingerprint density at radius 2 is 1.19 bits per heavy atom. The Kier molecular flexibility index (Phi) is 11.3. The van der Waals surface area contributed by atoms with E-state index in [0.717, 1.165) is 37.7 Å². The lowest BCUT2D eigenvalue weighted by Crippen LogP contribution is -2.38. The summed E-state index contributed by atoms with van der Waals surface area (Å²) in [4.78, 5) is 2.31. The highest BCUT2D eigenvalue weighted by Gasteiger charge is 2.15. The van der Waals surface area contributed by atoms with E-state index in [1.165, 1.54) is 0 Å². The van der Waals surface area contributed by atoms with Crippen molar-refractivity contribution in [2.45, 2.75) is 59.9 Å². The van der Waals surface area contributed by atoms with Gasteiger partial charge in [-0.25, -0.2) is 0 Å². The minimum absolute atomic E-state index is 0.0928. The Labute approximate surface area is 159 Å². The van der Waals surface area contributed by atoms with Gasteiger partial charge in [-0.15, -0.1) is 0 Å². The number of nitrogens with zero attached hydrogens (tertiary/aromatic N) is 1. The predicted octanol–water partition coefficient (Wildman–Crippen LogP) is 4.15. The lowest BCUT2D eigenvalue weighted by Gasteiger charge is -2.30. The summed E-state index contributed by atoms with van der Waals surface area (Å²) in [7, 11) is 0. The Morgan fingerprint density at radius 1 is 0.731 bits per heavy atom. The second-order valence-electron chi connectivity index (χ2n) is 6.51. The zero-order valence-corrected chi connectivity index (χ0v) is 17.4. The van der Waals surface area contributed by atoms with E-state index in [1.54, 1.807) is 0 Å². The SMILES string of the molecule is CCOC(C)COc1ccc(N(CC(C)OCC)CC(C)OCC)cc1. The molecule has 0 spiro atoms. The summed E-state index contributed by atoms with van der Waals surface area (Å²) in [6.07, 6.45) is 0.420. The minimum atomic E-state index is 0.0928. The van der Waals surface area contributed by atoms with Crippen LogP contribution >= 0.6 is 0 Å². The van der Waals surface area contributed by atoms with Crippen molar-refractivity contribution in [1.29, 1.82) is 0 Å². The van der Waals surface area contributed by atoms with Crippen molar-refractivity contribution < 1.29 is 18.9 Å². The molecule has 0 saturated carbocycles. The molecule has 0 saturated heterocycles. The van der Waals surface area contributed by atoms with Crippen molar-refractivity contribution in [1.82, 2.24) is 0 Å². The van der Waals surface area contributed by atoms with Gasteiger partial charge in [0.1, 0.15) is 12.4 Å². The molecule has 0 aromatic heterocycles. The first-order valence-corrected chi connectivity index (χ1v) is 9.82. The van der Waals surface area contributed by atoms with Crippen LogP contribution in [0.15, 0.2) is 24.3 Å². The smallest absolute Gasteiger partial charge is 0.119 e. The molecule has 0 radical (unpaired) electrons. The first kappa shape index (κ1) is 22.7. The number of ether oxygens (including phenoxy) is 4. The fourth-order valence-electron chi connectivity index (χ4n) is 2.88. The zero-order chi connectivity index (χ0) is 19.4. The molecular formula is C21H37NO4. The molecule has 0 heterocycles. The molecule has 0 aliphatic rings. The van der Waals surface area contributed by atoms with Crippen LogP contribution in [0.3, 0.4) is 0 Å². The molecule has 0 aliphatic heterocycles. The fourth-order valence-corrected chi connectivity index (χ4v) is 2.88. The second kappa shape index (κ2) is 13.0. The van der Waals surface area contributed by atoms with Crippen LogP contribution in [0.4, 0.5) is 5.69 Å². The van der Waals surface area contributed by atoms with Crippen molar-refractivity contribution in [3.63, 3.8) is 0 Å². The number of hydrogen-bond acceptors (Lipinski definition) is 5. The van der Waals surface area contributed by atoms with E-state index >= 15 is 0 Å². The molecule has 3 unspecified atom stereocenters. The van der Waals surface area contributed by atoms with Crippen LogP contribution in [0.25, 0.3) is 0 Å². The number of benzene rings is 1. The zero-order valence-electron chi connectivity index (χ0n) is 17.4. The molecule has 150 valence electrons. The van der Waals surface area contributed by atoms with Crippen LogP contribution in [-0.2, 0) is 14.2 Å². The normalized spacial score (nSPS) is 14.7. The monoisotopic (exact) mass is 367 g/mol. The van der Waals surface area contributed by atoms with Gasteiger partial charge < -0.3 is 23.8 Å². The summed E-state index contributed by atoms with van der Waals surface area (Å²) in [6, 6.07) is 8.21. The Hall–Kier alpha value is -1.30. The molecule has 0 aliphatic carbocycles. The van der Waals surface area contributed by atoms with Crippen molar-refractivity contribution in [3.05, 3.63) is 24.3 Å². The molecule has 1 rings (SSSR count). The third-order valence-corrected chi connectivity index (χ3v) is 4.00. The van der Waals surface area contributed by atoms with Crippen LogP contribution in [0, 0.1) is 0 Å². The van der Waals surface area contributed by atoms with Gasteiger partial charge in [0.05, 0.1) is 18.3 Å². The van der Waals surface area contributed by atoms with Crippen LogP contribution in [0.5, 0.6) is 5.75 Å². The molecular weight excluding hydrogens is 330 g/mol. The highest BCUT2D eigenvalue weighted by molar-refractivity contribution is 5.49. The van der Waals surface area contributed by atoms with Crippen molar-refractivity contribution in [2.24, 2.45) is 0 Å². The fraction of sp³-hybridized carbons (Fsp3) is 0.714. The van der Waals surface area contributed by atoms with Gasteiger partial charge in [0.2, 0.25) is 0 Å². The molecule has 0 amide bonds. The third kappa shape index (κ3) is 8.88. The van der Waals surface area contributed by atoms with E-state index < -0.39 is 0 Å². The van der Waals surface area contributed by atoms with E-state index in [0.29, 0.717) is 13.2 Å². The first-order valence-electron chi connectivity index (χ1n) is 9.82. The van der Waals surface area contributed by atoms with Crippen molar-refractivity contribution >= 4 is 5.69 Å². The average molecular weight is 368 g/mol. The summed E-state index contributed by atoms with van der Waals surface area (Å²) in [5.41, 5.74) is 1.15. The van der Waals surface area contributed by atoms with Crippen LogP contribution in [-0.4, -0.2) is 57.8 Å². The van der Waals surface area contributed by atoms with E-state index in [2.05, 4.69) is 30.9 Å². The first-order chi connectivity index (χ1) is 12.5. The average Bonchev–Trinajstić information content (AvgIpc) is 2.60. The topological polar surface area (TPSA) is 40.2 Å². The standard InChI is InChI=1S/C21H37NO4/c1-7-23-17(4)14-22(15-18(5)24-8-2)20-10-12-21(13-11-20)26-16-19(6)25-9-3/h10-13,17-19H,7-9,14-16H2,1-6H3. The van der Waals surface area contributed by atoms with Gasteiger partial charge >= 0.3 is 0 Å². The Balaban J connectivity index is 2.72. The van der Waals surface area contributed by atoms with Crippen LogP contribution in [0.2, 0.25) is 0 Å².